The molecule has 2 nitrogen and oxygen atoms in total. The van der Waals surface area contributed by atoms with Crippen LogP contribution in [0, 0.1) is 5.92 Å². The molecular weight excluding hydrogens is 218 g/mol. The predicted molar refractivity (Wildman–Crippen MR) is 72.0 cm³/mol. The molecule has 0 heterocycles. The van der Waals surface area contributed by atoms with Crippen LogP contribution in [0.5, 0.6) is 5.75 Å². The van der Waals surface area contributed by atoms with Gasteiger partial charge in [0, 0.05) is 5.92 Å². The van der Waals surface area contributed by atoms with E-state index >= 15 is 0 Å². The minimum atomic E-state index is 0.109. The summed E-state index contributed by atoms with van der Waals surface area (Å²) in [6.07, 6.45) is 0. The molecule has 0 radical (unpaired) electrons. The lowest BCUT2D eigenvalue weighted by molar-refractivity contribution is 0.293. The van der Waals surface area contributed by atoms with Crippen LogP contribution in [-0.4, -0.2) is 11.6 Å². The Hall–Kier alpha value is -1.09. The molecule has 0 amide bonds. The van der Waals surface area contributed by atoms with Crippen molar-refractivity contribution in [3.8, 4) is 5.75 Å². The van der Waals surface area contributed by atoms with Gasteiger partial charge in [0.05, 0.1) is 11.6 Å². The van der Waals surface area contributed by atoms with Crippen molar-refractivity contribution in [1.82, 2.24) is 0 Å². The average Bonchev–Trinajstić information content (AvgIpc) is 2.26. The maximum atomic E-state index is 5.65. The zero-order valence-electron chi connectivity index (χ0n) is 10.1. The Morgan fingerprint density at radius 3 is 2.62 bits per heavy atom. The van der Waals surface area contributed by atoms with Gasteiger partial charge in [-0.05, 0) is 23.6 Å². The Labute approximate surface area is 103 Å². The molecule has 0 aliphatic heterocycles. The van der Waals surface area contributed by atoms with Gasteiger partial charge in [-0.15, -0.1) is 0 Å². The molecule has 0 saturated carbocycles. The molecule has 0 spiro atoms. The van der Waals surface area contributed by atoms with Gasteiger partial charge >= 0.3 is 0 Å². The van der Waals surface area contributed by atoms with Crippen LogP contribution in [0.1, 0.15) is 32.3 Å². The lowest BCUT2D eigenvalue weighted by Crippen LogP contribution is -2.24. The lowest BCUT2D eigenvalue weighted by atomic mass is 10.0. The molecule has 1 aromatic rings. The number of rotatable bonds is 5. The number of thiocarbonyl (C=S) groups is 1. The first-order valence-corrected chi connectivity index (χ1v) is 5.93. The van der Waals surface area contributed by atoms with Crippen molar-refractivity contribution in [3.63, 3.8) is 0 Å². The Morgan fingerprint density at radius 1 is 1.38 bits per heavy atom. The molecule has 0 saturated heterocycles. The van der Waals surface area contributed by atoms with Gasteiger partial charge in [0.25, 0.3) is 0 Å². The van der Waals surface area contributed by atoms with Crippen molar-refractivity contribution in [3.05, 3.63) is 29.8 Å². The van der Waals surface area contributed by atoms with E-state index < -0.39 is 0 Å². The Balaban J connectivity index is 2.60. The molecule has 1 rings (SSSR count). The second-order valence-electron chi connectivity index (χ2n) is 4.34. The molecule has 0 bridgehead atoms. The monoisotopic (exact) mass is 237 g/mol. The third kappa shape index (κ3) is 3.81. The maximum Gasteiger partial charge on any atom is 0.119 e. The first kappa shape index (κ1) is 13.0. The van der Waals surface area contributed by atoms with Crippen molar-refractivity contribution in [2.45, 2.75) is 26.7 Å². The molecule has 88 valence electrons. The van der Waals surface area contributed by atoms with E-state index in [2.05, 4.69) is 26.0 Å². The van der Waals surface area contributed by atoms with E-state index in [1.165, 1.54) is 5.56 Å². The summed E-state index contributed by atoms with van der Waals surface area (Å²) in [5, 5.41) is 0. The van der Waals surface area contributed by atoms with Gasteiger partial charge < -0.3 is 10.5 Å². The highest BCUT2D eigenvalue weighted by atomic mass is 32.1. The third-order valence-electron chi connectivity index (χ3n) is 2.51. The van der Waals surface area contributed by atoms with E-state index in [4.69, 9.17) is 22.7 Å². The van der Waals surface area contributed by atoms with Crippen molar-refractivity contribution < 1.29 is 4.74 Å². The van der Waals surface area contributed by atoms with E-state index in [0.29, 0.717) is 17.5 Å². The summed E-state index contributed by atoms with van der Waals surface area (Å²) in [6, 6.07) is 8.14. The van der Waals surface area contributed by atoms with Crippen molar-refractivity contribution >= 4 is 17.2 Å². The van der Waals surface area contributed by atoms with Gasteiger partial charge in [0.1, 0.15) is 5.75 Å². The van der Waals surface area contributed by atoms with Gasteiger partial charge in [0.2, 0.25) is 0 Å². The van der Waals surface area contributed by atoms with Crippen molar-refractivity contribution in [2.75, 3.05) is 6.61 Å². The summed E-state index contributed by atoms with van der Waals surface area (Å²) in [4.78, 5) is 0.500. The smallest absolute Gasteiger partial charge is 0.119 e. The molecule has 1 atom stereocenters. The summed E-state index contributed by atoms with van der Waals surface area (Å²) in [5.74, 6) is 1.50. The highest BCUT2D eigenvalue weighted by Gasteiger charge is 2.06. The number of nitrogens with two attached hydrogens (primary N) is 1. The van der Waals surface area contributed by atoms with Crippen molar-refractivity contribution in [1.29, 1.82) is 0 Å². The largest absolute Gasteiger partial charge is 0.493 e. The SMILES string of the molecule is CC(COc1cccc(C(C)C)c1)C(N)=S. The summed E-state index contributed by atoms with van der Waals surface area (Å²) in [6.45, 7) is 6.83. The van der Waals surface area contributed by atoms with Crippen LogP contribution in [0.15, 0.2) is 24.3 Å². The summed E-state index contributed by atoms with van der Waals surface area (Å²) in [7, 11) is 0. The maximum absolute atomic E-state index is 5.65. The molecule has 3 heteroatoms. The van der Waals surface area contributed by atoms with E-state index in [9.17, 15) is 0 Å². The number of ether oxygens (including phenoxy) is 1. The van der Waals surface area contributed by atoms with E-state index in [0.717, 1.165) is 5.75 Å². The predicted octanol–water partition coefficient (Wildman–Crippen LogP) is 3.11. The summed E-state index contributed by atoms with van der Waals surface area (Å²) < 4.78 is 5.65. The van der Waals surface area contributed by atoms with Gasteiger partial charge in [-0.2, -0.15) is 0 Å². The van der Waals surface area contributed by atoms with Crippen LogP contribution < -0.4 is 10.5 Å². The van der Waals surface area contributed by atoms with Gasteiger partial charge in [0.15, 0.2) is 0 Å². The van der Waals surface area contributed by atoms with Crippen LogP contribution in [0.3, 0.4) is 0 Å². The fourth-order valence-electron chi connectivity index (χ4n) is 1.27. The summed E-state index contributed by atoms with van der Waals surface area (Å²) in [5.41, 5.74) is 6.81. The Kier molecular flexibility index (Phi) is 4.74. The average molecular weight is 237 g/mol. The second-order valence-corrected chi connectivity index (χ2v) is 4.81. The molecule has 1 aromatic carbocycles. The van der Waals surface area contributed by atoms with Gasteiger partial charge in [-0.25, -0.2) is 0 Å². The minimum absolute atomic E-state index is 0.109. The van der Waals surface area contributed by atoms with Crippen LogP contribution in [0.4, 0.5) is 0 Å². The van der Waals surface area contributed by atoms with Gasteiger partial charge in [-0.3, -0.25) is 0 Å². The molecule has 0 aliphatic rings. The molecule has 0 fully saturated rings. The molecular formula is C13H19NOS. The van der Waals surface area contributed by atoms with E-state index in [1.54, 1.807) is 0 Å². The third-order valence-corrected chi connectivity index (χ3v) is 2.91. The first-order valence-electron chi connectivity index (χ1n) is 5.52. The topological polar surface area (TPSA) is 35.2 Å². The number of hydrogen-bond acceptors (Lipinski definition) is 2. The minimum Gasteiger partial charge on any atom is -0.493 e. The standard InChI is InChI=1S/C13H19NOS/c1-9(2)11-5-4-6-12(7-11)15-8-10(3)13(14)16/h4-7,9-10H,8H2,1-3H3,(H2,14,16). The van der Waals surface area contributed by atoms with Crippen molar-refractivity contribution in [2.24, 2.45) is 11.7 Å². The first-order chi connectivity index (χ1) is 7.50. The number of hydrogen-bond donors (Lipinski definition) is 1. The highest BCUT2D eigenvalue weighted by Crippen LogP contribution is 2.20. The van der Waals surface area contributed by atoms with Crippen LogP contribution in [0.2, 0.25) is 0 Å². The molecule has 0 aliphatic carbocycles. The van der Waals surface area contributed by atoms with Gasteiger partial charge in [-0.1, -0.05) is 45.1 Å². The fourth-order valence-corrected chi connectivity index (χ4v) is 1.33. The molecule has 1 unspecified atom stereocenters. The van der Waals surface area contributed by atoms with E-state index in [-0.39, 0.29) is 5.92 Å². The lowest BCUT2D eigenvalue weighted by Gasteiger charge is -2.13. The molecule has 0 aromatic heterocycles. The summed E-state index contributed by atoms with van der Waals surface area (Å²) >= 11 is 4.90. The highest BCUT2D eigenvalue weighted by molar-refractivity contribution is 7.80. The number of benzene rings is 1. The zero-order valence-corrected chi connectivity index (χ0v) is 10.9. The fraction of sp³-hybridized carbons (Fsp3) is 0.462. The molecule has 16 heavy (non-hydrogen) atoms. The Bertz CT molecular complexity index is 363. The van der Waals surface area contributed by atoms with Crippen LogP contribution >= 0.6 is 12.2 Å². The molecule has 2 N–H and O–H groups in total. The zero-order chi connectivity index (χ0) is 12.1. The Morgan fingerprint density at radius 2 is 2.06 bits per heavy atom. The normalized spacial score (nSPS) is 12.5. The van der Waals surface area contributed by atoms with Crippen LogP contribution in [-0.2, 0) is 0 Å². The van der Waals surface area contributed by atoms with Crippen LogP contribution in [0.25, 0.3) is 0 Å². The van der Waals surface area contributed by atoms with E-state index in [1.807, 2.05) is 19.1 Å². The second kappa shape index (κ2) is 5.85. The quantitative estimate of drug-likeness (QED) is 0.799.